The second kappa shape index (κ2) is 3.33. The molecule has 0 rings (SSSR count). The van der Waals surface area contributed by atoms with Crippen molar-refractivity contribution < 1.29 is 0 Å². The third-order valence-electron chi connectivity index (χ3n) is 1.20. The van der Waals surface area contributed by atoms with Gasteiger partial charge in [-0.15, -0.1) is 0 Å². The quantitative estimate of drug-likeness (QED) is 0.300. The Balaban J connectivity index is 3.63. The van der Waals surface area contributed by atoms with Gasteiger partial charge in [0, 0.05) is 11.0 Å². The van der Waals surface area contributed by atoms with Crippen molar-refractivity contribution in [3.05, 3.63) is 10.4 Å². The maximum absolute atomic E-state index is 7.94. The summed E-state index contributed by atoms with van der Waals surface area (Å²) in [5, 5.41) is 3.50. The fourth-order valence-electron chi connectivity index (χ4n) is 0.215. The molecule has 0 unspecified atom stereocenters. The molecule has 0 fully saturated rings. The molecule has 0 radical (unpaired) electrons. The molecule has 0 N–H and O–H groups in total. The summed E-state index contributed by atoms with van der Waals surface area (Å²) in [4.78, 5) is 2.68. The standard InChI is InChI=1S/C5H11N3/c1-4(2)5(3)7-8-6/h4-5H,1-3H3/t5-/m0/s1. The molecule has 0 saturated heterocycles. The highest BCUT2D eigenvalue weighted by Crippen LogP contribution is 2.03. The Labute approximate surface area is 49.3 Å². The van der Waals surface area contributed by atoms with Crippen molar-refractivity contribution in [2.45, 2.75) is 26.8 Å². The molecule has 46 valence electrons. The molecule has 0 saturated carbocycles. The predicted octanol–water partition coefficient (Wildman–Crippen LogP) is 2.34. The van der Waals surface area contributed by atoms with Gasteiger partial charge in [-0.3, -0.25) is 0 Å². The topological polar surface area (TPSA) is 48.8 Å². The Morgan fingerprint density at radius 1 is 1.38 bits per heavy atom. The highest BCUT2D eigenvalue weighted by molar-refractivity contribution is 4.63. The zero-order valence-corrected chi connectivity index (χ0v) is 5.50. The average molecular weight is 113 g/mol. The maximum Gasteiger partial charge on any atom is 0.0368 e. The minimum atomic E-state index is 0.125. The third kappa shape index (κ3) is 2.48. The second-order valence-electron chi connectivity index (χ2n) is 2.19. The van der Waals surface area contributed by atoms with Crippen LogP contribution in [0, 0.1) is 5.92 Å². The number of hydrogen-bond donors (Lipinski definition) is 0. The summed E-state index contributed by atoms with van der Waals surface area (Å²) in [5.74, 6) is 0.450. The highest BCUT2D eigenvalue weighted by Gasteiger charge is 2.01. The third-order valence-corrected chi connectivity index (χ3v) is 1.20. The van der Waals surface area contributed by atoms with Gasteiger partial charge >= 0.3 is 0 Å². The molecule has 0 aliphatic heterocycles. The SMILES string of the molecule is CC(C)[C@H](C)N=[N+]=[N-]. The normalized spacial score (nSPS) is 13.0. The van der Waals surface area contributed by atoms with E-state index in [1.807, 2.05) is 20.8 Å². The predicted molar refractivity (Wildman–Crippen MR) is 33.4 cm³/mol. The van der Waals surface area contributed by atoms with Gasteiger partial charge in [-0.2, -0.15) is 0 Å². The first-order valence-electron chi connectivity index (χ1n) is 2.72. The Bertz CT molecular complexity index is 102. The van der Waals surface area contributed by atoms with Crippen LogP contribution in [0.4, 0.5) is 0 Å². The lowest BCUT2D eigenvalue weighted by Gasteiger charge is -2.05. The first-order valence-corrected chi connectivity index (χ1v) is 2.72. The van der Waals surface area contributed by atoms with E-state index in [9.17, 15) is 0 Å². The van der Waals surface area contributed by atoms with E-state index < -0.39 is 0 Å². The lowest BCUT2D eigenvalue weighted by Crippen LogP contribution is -2.04. The monoisotopic (exact) mass is 113 g/mol. The van der Waals surface area contributed by atoms with Gasteiger partial charge < -0.3 is 0 Å². The Morgan fingerprint density at radius 2 is 1.88 bits per heavy atom. The first kappa shape index (κ1) is 7.31. The van der Waals surface area contributed by atoms with Crippen LogP contribution in [-0.2, 0) is 0 Å². The number of azide groups is 1. The summed E-state index contributed by atoms with van der Waals surface area (Å²) in [5.41, 5.74) is 7.94. The summed E-state index contributed by atoms with van der Waals surface area (Å²) in [6.07, 6.45) is 0. The van der Waals surface area contributed by atoms with Gasteiger partial charge in [0.25, 0.3) is 0 Å². The molecular weight excluding hydrogens is 102 g/mol. The first-order chi connectivity index (χ1) is 3.68. The summed E-state index contributed by atoms with van der Waals surface area (Å²) in [6, 6.07) is 0.125. The molecule has 0 heterocycles. The van der Waals surface area contributed by atoms with Crippen LogP contribution in [0.15, 0.2) is 5.11 Å². The summed E-state index contributed by atoms with van der Waals surface area (Å²) >= 11 is 0. The Kier molecular flexibility index (Phi) is 3.04. The highest BCUT2D eigenvalue weighted by atomic mass is 15.1. The van der Waals surface area contributed by atoms with Crippen molar-refractivity contribution in [3.8, 4) is 0 Å². The molecule has 0 bridgehead atoms. The van der Waals surface area contributed by atoms with Crippen LogP contribution in [0.3, 0.4) is 0 Å². The Hall–Kier alpha value is -0.690. The molecule has 3 nitrogen and oxygen atoms in total. The van der Waals surface area contributed by atoms with Crippen LogP contribution in [0.5, 0.6) is 0 Å². The van der Waals surface area contributed by atoms with E-state index in [0.29, 0.717) is 5.92 Å². The molecule has 3 heteroatoms. The largest absolute Gasteiger partial charge is 0.0906 e. The van der Waals surface area contributed by atoms with E-state index in [1.54, 1.807) is 0 Å². The van der Waals surface area contributed by atoms with Crippen LogP contribution in [-0.4, -0.2) is 6.04 Å². The summed E-state index contributed by atoms with van der Waals surface area (Å²) < 4.78 is 0. The molecule has 8 heavy (non-hydrogen) atoms. The van der Waals surface area contributed by atoms with Crippen molar-refractivity contribution in [2.24, 2.45) is 11.0 Å². The van der Waals surface area contributed by atoms with Gasteiger partial charge in [0.15, 0.2) is 0 Å². The lowest BCUT2D eigenvalue weighted by molar-refractivity contribution is 0.527. The molecule has 0 spiro atoms. The summed E-state index contributed by atoms with van der Waals surface area (Å²) in [7, 11) is 0. The van der Waals surface area contributed by atoms with E-state index >= 15 is 0 Å². The smallest absolute Gasteiger partial charge is 0.0368 e. The molecule has 0 amide bonds. The van der Waals surface area contributed by atoms with E-state index in [0.717, 1.165) is 0 Å². The van der Waals surface area contributed by atoms with Crippen LogP contribution < -0.4 is 0 Å². The average Bonchev–Trinajstić information content (AvgIpc) is 1.67. The fraction of sp³-hybridized carbons (Fsp3) is 1.00. The summed E-state index contributed by atoms with van der Waals surface area (Å²) in [6.45, 7) is 5.96. The fourth-order valence-corrected chi connectivity index (χ4v) is 0.215. The Morgan fingerprint density at radius 3 is 2.00 bits per heavy atom. The molecule has 0 aromatic rings. The van der Waals surface area contributed by atoms with Crippen LogP contribution in [0.1, 0.15) is 20.8 Å². The minimum Gasteiger partial charge on any atom is -0.0906 e. The van der Waals surface area contributed by atoms with Crippen LogP contribution in [0.2, 0.25) is 0 Å². The van der Waals surface area contributed by atoms with E-state index in [2.05, 4.69) is 10.0 Å². The van der Waals surface area contributed by atoms with Gasteiger partial charge in [0.1, 0.15) is 0 Å². The van der Waals surface area contributed by atoms with Crippen molar-refractivity contribution in [1.29, 1.82) is 0 Å². The zero-order valence-electron chi connectivity index (χ0n) is 5.50. The van der Waals surface area contributed by atoms with Crippen molar-refractivity contribution >= 4 is 0 Å². The maximum atomic E-state index is 7.94. The van der Waals surface area contributed by atoms with Gasteiger partial charge in [0.2, 0.25) is 0 Å². The van der Waals surface area contributed by atoms with Crippen LogP contribution in [0.25, 0.3) is 10.4 Å². The molecule has 0 aromatic heterocycles. The van der Waals surface area contributed by atoms with Gasteiger partial charge in [-0.05, 0) is 11.4 Å². The van der Waals surface area contributed by atoms with Crippen molar-refractivity contribution in [1.82, 2.24) is 0 Å². The molecule has 0 aliphatic rings. The number of hydrogen-bond acceptors (Lipinski definition) is 1. The van der Waals surface area contributed by atoms with Crippen LogP contribution >= 0.6 is 0 Å². The van der Waals surface area contributed by atoms with E-state index in [4.69, 9.17) is 5.53 Å². The van der Waals surface area contributed by atoms with Gasteiger partial charge in [-0.1, -0.05) is 25.9 Å². The van der Waals surface area contributed by atoms with Gasteiger partial charge in [-0.25, -0.2) is 0 Å². The van der Waals surface area contributed by atoms with E-state index in [-0.39, 0.29) is 6.04 Å². The molecular formula is C5H11N3. The molecule has 1 atom stereocenters. The van der Waals surface area contributed by atoms with E-state index in [1.165, 1.54) is 0 Å². The van der Waals surface area contributed by atoms with Gasteiger partial charge in [0.05, 0.1) is 0 Å². The molecule has 0 aliphatic carbocycles. The number of nitrogens with zero attached hydrogens (tertiary/aromatic N) is 3. The molecule has 0 aromatic carbocycles. The second-order valence-corrected chi connectivity index (χ2v) is 2.19. The lowest BCUT2D eigenvalue weighted by atomic mass is 10.1. The van der Waals surface area contributed by atoms with Crippen molar-refractivity contribution in [3.63, 3.8) is 0 Å². The minimum absolute atomic E-state index is 0.125. The van der Waals surface area contributed by atoms with Crippen molar-refractivity contribution in [2.75, 3.05) is 0 Å². The zero-order chi connectivity index (χ0) is 6.57. The number of rotatable bonds is 2.